The van der Waals surface area contributed by atoms with E-state index in [0.717, 1.165) is 22.3 Å². The molecule has 1 heterocycles. The first kappa shape index (κ1) is 21.3. The number of esters is 1. The van der Waals surface area contributed by atoms with Crippen LogP contribution in [0.3, 0.4) is 0 Å². The van der Waals surface area contributed by atoms with Crippen LogP contribution in [0.1, 0.15) is 35.1 Å². The first-order chi connectivity index (χ1) is 14.9. The van der Waals surface area contributed by atoms with E-state index in [-0.39, 0.29) is 23.6 Å². The maximum absolute atomic E-state index is 12.6. The van der Waals surface area contributed by atoms with Gasteiger partial charge < -0.3 is 9.47 Å². The molecule has 0 N–H and O–H groups in total. The van der Waals surface area contributed by atoms with Crippen molar-refractivity contribution < 1.29 is 19.1 Å². The van der Waals surface area contributed by atoms with Gasteiger partial charge in [0.1, 0.15) is 5.60 Å². The summed E-state index contributed by atoms with van der Waals surface area (Å²) in [5, 5.41) is 0. The predicted molar refractivity (Wildman–Crippen MR) is 120 cm³/mol. The summed E-state index contributed by atoms with van der Waals surface area (Å²) in [6, 6.07) is 16.2. The molecular formula is C27H28O4. The molecule has 0 saturated carbocycles. The lowest BCUT2D eigenvalue weighted by Crippen LogP contribution is -2.36. The van der Waals surface area contributed by atoms with Crippen LogP contribution in [0.4, 0.5) is 0 Å². The highest BCUT2D eigenvalue weighted by molar-refractivity contribution is 6.16. The molecule has 0 amide bonds. The molecule has 4 nitrogen and oxygen atoms in total. The monoisotopic (exact) mass is 416 g/mol. The highest BCUT2D eigenvalue weighted by atomic mass is 16.5. The summed E-state index contributed by atoms with van der Waals surface area (Å²) in [4.78, 5) is 24.9. The van der Waals surface area contributed by atoms with Crippen molar-refractivity contribution in [1.82, 2.24) is 0 Å². The number of hydrogen-bond acceptors (Lipinski definition) is 4. The maximum Gasteiger partial charge on any atom is 0.338 e. The van der Waals surface area contributed by atoms with E-state index >= 15 is 0 Å². The van der Waals surface area contributed by atoms with Crippen molar-refractivity contribution in [2.24, 2.45) is 11.8 Å². The van der Waals surface area contributed by atoms with Crippen LogP contribution in [-0.2, 0) is 24.7 Å². The molecule has 160 valence electrons. The van der Waals surface area contributed by atoms with Crippen molar-refractivity contribution in [2.75, 3.05) is 13.7 Å². The van der Waals surface area contributed by atoms with Gasteiger partial charge in [0.25, 0.3) is 0 Å². The average Bonchev–Trinajstić information content (AvgIpc) is 3.12. The van der Waals surface area contributed by atoms with Gasteiger partial charge in [0, 0.05) is 12.3 Å². The van der Waals surface area contributed by atoms with Crippen molar-refractivity contribution in [3.8, 4) is 0 Å². The zero-order valence-corrected chi connectivity index (χ0v) is 18.3. The van der Waals surface area contributed by atoms with E-state index in [1.54, 1.807) is 6.08 Å². The number of hydrogen-bond donors (Lipinski definition) is 0. The molecule has 2 aromatic rings. The number of allylic oxidation sites excluding steroid dienone is 2. The maximum atomic E-state index is 12.6. The largest absolute Gasteiger partial charge is 0.465 e. The van der Waals surface area contributed by atoms with Crippen molar-refractivity contribution in [2.45, 2.75) is 32.3 Å². The molecule has 0 aromatic heterocycles. The number of aryl methyl sites for hydroxylation is 2. The number of fused-ring (bicyclic) bond motifs is 1. The molecule has 0 bridgehead atoms. The van der Waals surface area contributed by atoms with Gasteiger partial charge in [0.05, 0.1) is 19.3 Å². The summed E-state index contributed by atoms with van der Waals surface area (Å²) < 4.78 is 11.4. The highest BCUT2D eigenvalue weighted by Gasteiger charge is 2.51. The van der Waals surface area contributed by atoms with Gasteiger partial charge in [-0.1, -0.05) is 65.7 Å². The van der Waals surface area contributed by atoms with Gasteiger partial charge in [-0.3, -0.25) is 4.79 Å². The second kappa shape index (κ2) is 8.64. The van der Waals surface area contributed by atoms with Gasteiger partial charge >= 0.3 is 5.97 Å². The lowest BCUT2D eigenvalue weighted by molar-refractivity contribution is -0.133. The zero-order chi connectivity index (χ0) is 22.0. The van der Waals surface area contributed by atoms with Crippen LogP contribution in [0.15, 0.2) is 66.8 Å². The molecular weight excluding hydrogens is 388 g/mol. The Morgan fingerprint density at radius 3 is 2.55 bits per heavy atom. The number of benzene rings is 2. The molecule has 0 spiro atoms. The van der Waals surface area contributed by atoms with Gasteiger partial charge in [-0.05, 0) is 49.5 Å². The number of methoxy groups -OCH3 is 1. The molecule has 3 unspecified atom stereocenters. The summed E-state index contributed by atoms with van der Waals surface area (Å²) in [5.74, 6) is -0.0714. The summed E-state index contributed by atoms with van der Waals surface area (Å²) >= 11 is 0. The Hall–Kier alpha value is -2.98. The zero-order valence-electron chi connectivity index (χ0n) is 18.3. The molecule has 1 fully saturated rings. The van der Waals surface area contributed by atoms with Crippen molar-refractivity contribution in [3.63, 3.8) is 0 Å². The fourth-order valence-electron chi connectivity index (χ4n) is 4.96. The number of carbonyl (C=O) groups excluding carboxylic acids is 2. The molecule has 2 aromatic carbocycles. The van der Waals surface area contributed by atoms with E-state index < -0.39 is 5.60 Å². The topological polar surface area (TPSA) is 52.6 Å². The molecule has 0 radical (unpaired) electrons. The smallest absolute Gasteiger partial charge is 0.338 e. The van der Waals surface area contributed by atoms with Crippen LogP contribution >= 0.6 is 0 Å². The minimum atomic E-state index is -0.584. The molecule has 1 aliphatic heterocycles. The van der Waals surface area contributed by atoms with E-state index in [1.165, 1.54) is 7.11 Å². The van der Waals surface area contributed by atoms with E-state index in [2.05, 4.69) is 18.2 Å². The van der Waals surface area contributed by atoms with E-state index in [1.807, 2.05) is 56.3 Å². The quantitative estimate of drug-likeness (QED) is 0.512. The third-order valence-corrected chi connectivity index (χ3v) is 6.38. The third-order valence-electron chi connectivity index (χ3n) is 6.38. The second-order valence-corrected chi connectivity index (χ2v) is 8.56. The van der Waals surface area contributed by atoms with Crippen molar-refractivity contribution in [3.05, 3.63) is 89.0 Å². The van der Waals surface area contributed by atoms with Gasteiger partial charge in [0.2, 0.25) is 0 Å². The first-order valence-corrected chi connectivity index (χ1v) is 10.7. The van der Waals surface area contributed by atoms with Crippen LogP contribution in [0.5, 0.6) is 0 Å². The molecule has 4 rings (SSSR count). The Kier molecular flexibility index (Phi) is 5.92. The highest BCUT2D eigenvalue weighted by Crippen LogP contribution is 2.50. The summed E-state index contributed by atoms with van der Waals surface area (Å²) in [6.07, 6.45) is 6.61. The van der Waals surface area contributed by atoms with Crippen LogP contribution in [0, 0.1) is 25.7 Å². The van der Waals surface area contributed by atoms with Crippen molar-refractivity contribution >= 4 is 17.3 Å². The molecule has 4 heteroatoms. The standard InChI is InChI=1S/C27H28O4/c1-18-13-19(2)15-21(14-18)24(26(29)30-3)10-9-20-17-31-27(22-7-5-4-6-8-22)12-11-23(28)16-25(20)27/h4-8,10-15,20,25H,9,16-17H2,1-3H3/b24-10-. The molecule has 31 heavy (non-hydrogen) atoms. The minimum Gasteiger partial charge on any atom is -0.465 e. The normalized spacial score (nSPS) is 25.4. The van der Waals surface area contributed by atoms with Crippen LogP contribution < -0.4 is 0 Å². The van der Waals surface area contributed by atoms with Gasteiger partial charge in [-0.25, -0.2) is 4.79 Å². The Bertz CT molecular complexity index is 1030. The van der Waals surface area contributed by atoms with Crippen molar-refractivity contribution in [1.29, 1.82) is 0 Å². The number of carbonyl (C=O) groups is 2. The Balaban J connectivity index is 1.66. The van der Waals surface area contributed by atoms with Gasteiger partial charge in [-0.2, -0.15) is 0 Å². The Morgan fingerprint density at radius 2 is 1.87 bits per heavy atom. The van der Waals surface area contributed by atoms with Gasteiger partial charge in [0.15, 0.2) is 5.78 Å². The second-order valence-electron chi connectivity index (χ2n) is 8.56. The third kappa shape index (κ3) is 4.13. The SMILES string of the molecule is COC(=O)/C(=C\CC1COC2(c3ccccc3)C=CC(=O)CC12)c1cc(C)cc(C)c1. The lowest BCUT2D eigenvalue weighted by Gasteiger charge is -2.35. The molecule has 1 saturated heterocycles. The Labute approximate surface area is 183 Å². The first-order valence-electron chi connectivity index (χ1n) is 10.7. The van der Waals surface area contributed by atoms with Gasteiger partial charge in [-0.15, -0.1) is 0 Å². The fraction of sp³-hybridized carbons (Fsp3) is 0.333. The van der Waals surface area contributed by atoms with Crippen LogP contribution in [0.2, 0.25) is 0 Å². The Morgan fingerprint density at radius 1 is 1.16 bits per heavy atom. The number of rotatable bonds is 5. The summed E-state index contributed by atoms with van der Waals surface area (Å²) in [7, 11) is 1.41. The number of ether oxygens (including phenoxy) is 2. The van der Waals surface area contributed by atoms with E-state index in [9.17, 15) is 9.59 Å². The van der Waals surface area contributed by atoms with E-state index in [4.69, 9.17) is 9.47 Å². The average molecular weight is 417 g/mol. The van der Waals surface area contributed by atoms with E-state index in [0.29, 0.717) is 25.0 Å². The molecule has 3 atom stereocenters. The predicted octanol–water partition coefficient (Wildman–Crippen LogP) is 4.94. The fourth-order valence-corrected chi connectivity index (χ4v) is 4.96. The summed E-state index contributed by atoms with van der Waals surface area (Å²) in [5.41, 5.74) is 4.10. The minimum absolute atomic E-state index is 0.0294. The molecule has 2 aliphatic rings. The molecule has 1 aliphatic carbocycles. The van der Waals surface area contributed by atoms with Crippen LogP contribution in [0.25, 0.3) is 5.57 Å². The summed E-state index contributed by atoms with van der Waals surface area (Å²) in [6.45, 7) is 4.57. The van der Waals surface area contributed by atoms with Crippen LogP contribution in [-0.4, -0.2) is 25.5 Å². The lowest BCUT2D eigenvalue weighted by atomic mass is 9.70. The number of ketones is 1.